The van der Waals surface area contributed by atoms with Gasteiger partial charge in [-0.05, 0) is 37.0 Å². The quantitative estimate of drug-likeness (QED) is 0.0560. The van der Waals surface area contributed by atoms with Gasteiger partial charge in [-0.15, -0.1) is 0 Å². The zero-order chi connectivity index (χ0) is 38.3. The fourth-order valence-electron chi connectivity index (χ4n) is 4.40. The molecule has 0 radical (unpaired) electrons. The van der Waals surface area contributed by atoms with E-state index in [1.807, 2.05) is 19.2 Å². The second kappa shape index (κ2) is 21.3. The van der Waals surface area contributed by atoms with Crippen molar-refractivity contribution in [2.24, 2.45) is 29.4 Å². The lowest BCUT2D eigenvalue weighted by Gasteiger charge is -2.30. The molecule has 6 amide bonds. The summed E-state index contributed by atoms with van der Waals surface area (Å²) < 4.78 is 0. The Morgan fingerprint density at radius 3 is 1.27 bits per heavy atom. The molecule has 12 N–H and O–H groups in total. The molecule has 0 aliphatic carbocycles. The summed E-state index contributed by atoms with van der Waals surface area (Å²) in [7, 11) is 0. The second-order valence-corrected chi connectivity index (χ2v) is 13.5. The molecule has 0 saturated carbocycles. The monoisotopic (exact) mass is 703 g/mol. The first kappa shape index (κ1) is 45.1. The van der Waals surface area contributed by atoms with Crippen LogP contribution >= 0.6 is 0 Å². The molecule has 0 spiro atoms. The Morgan fingerprint density at radius 2 is 0.878 bits per heavy atom. The number of carboxylic acids is 1. The van der Waals surface area contributed by atoms with Crippen LogP contribution in [0.1, 0.15) is 68.7 Å². The van der Waals surface area contributed by atoms with Crippen molar-refractivity contribution in [2.75, 3.05) is 13.2 Å². The molecule has 0 bridgehead atoms. The molecular weight excluding hydrogens is 646 g/mol. The van der Waals surface area contributed by atoms with E-state index in [2.05, 4.69) is 26.6 Å². The molecular formula is C31H57N7O11. The Hall–Kier alpha value is -3.87. The van der Waals surface area contributed by atoms with Crippen molar-refractivity contribution >= 4 is 41.4 Å². The lowest BCUT2D eigenvalue weighted by Crippen LogP contribution is -2.63. The van der Waals surface area contributed by atoms with Crippen molar-refractivity contribution in [3.8, 4) is 0 Å². The first-order valence-corrected chi connectivity index (χ1v) is 16.3. The fourth-order valence-corrected chi connectivity index (χ4v) is 4.40. The summed E-state index contributed by atoms with van der Waals surface area (Å²) in [6, 6.07) is -9.41. The van der Waals surface area contributed by atoms with Crippen molar-refractivity contribution in [1.29, 1.82) is 0 Å². The van der Waals surface area contributed by atoms with Crippen LogP contribution in [0.4, 0.5) is 0 Å². The van der Waals surface area contributed by atoms with Crippen LogP contribution in [0.2, 0.25) is 0 Å². The van der Waals surface area contributed by atoms with Gasteiger partial charge in [0, 0.05) is 0 Å². The molecule has 18 heteroatoms. The summed E-state index contributed by atoms with van der Waals surface area (Å²) in [5.74, 6) is -7.83. The van der Waals surface area contributed by atoms with Gasteiger partial charge in [-0.2, -0.15) is 0 Å². The Bertz CT molecular complexity index is 1150. The van der Waals surface area contributed by atoms with Gasteiger partial charge in [0.05, 0.1) is 25.4 Å². The van der Waals surface area contributed by atoms with Gasteiger partial charge in [-0.3, -0.25) is 28.8 Å². The molecule has 0 aromatic rings. The molecule has 0 saturated heterocycles. The Balaban J connectivity index is 5.97. The molecule has 0 aromatic carbocycles. The van der Waals surface area contributed by atoms with E-state index in [9.17, 15) is 43.8 Å². The van der Waals surface area contributed by atoms with E-state index >= 15 is 0 Å². The number of aliphatic hydroxyl groups excluding tert-OH is 3. The first-order valence-electron chi connectivity index (χ1n) is 16.3. The van der Waals surface area contributed by atoms with Gasteiger partial charge in [-0.25, -0.2) is 4.79 Å². The SMILES string of the molecule is CC(C)C[C@H](NC(=O)[C@@H](NC(=O)[C@@H](N)C(C)C)C(C)C)C(=O)N[C@H](C(=O)N[C@H](C(=O)N[C@@H](CO)C(=O)N[C@@H](CO)C(=O)O)[C@@H](C)O)C(C)C. The predicted octanol–water partition coefficient (Wildman–Crippen LogP) is -3.31. The van der Waals surface area contributed by atoms with Crippen molar-refractivity contribution in [1.82, 2.24) is 31.9 Å². The van der Waals surface area contributed by atoms with Crippen LogP contribution in [0.25, 0.3) is 0 Å². The van der Waals surface area contributed by atoms with Gasteiger partial charge in [0.15, 0.2) is 0 Å². The number of nitrogens with two attached hydrogens (primary N) is 1. The van der Waals surface area contributed by atoms with E-state index in [-0.39, 0.29) is 24.2 Å². The molecule has 18 nitrogen and oxygen atoms in total. The maximum Gasteiger partial charge on any atom is 0.328 e. The molecule has 0 fully saturated rings. The highest BCUT2D eigenvalue weighted by atomic mass is 16.4. The summed E-state index contributed by atoms with van der Waals surface area (Å²) in [6.45, 7) is 13.0. The predicted molar refractivity (Wildman–Crippen MR) is 177 cm³/mol. The molecule has 0 unspecified atom stereocenters. The highest BCUT2D eigenvalue weighted by Gasteiger charge is 2.36. The summed E-state index contributed by atoms with van der Waals surface area (Å²) in [6.07, 6.45) is -1.38. The first-order chi connectivity index (χ1) is 22.6. The summed E-state index contributed by atoms with van der Waals surface area (Å²) >= 11 is 0. The number of nitrogens with one attached hydrogen (secondary N) is 6. The fraction of sp³-hybridized carbons (Fsp3) is 0.774. The molecule has 0 aliphatic rings. The standard InChI is InChI=1S/C31H57N7O11/c1-13(2)10-18(33-28(45)22(15(5)6)37-27(44)21(32)14(3)4)25(42)36-23(16(7)8)29(46)38-24(17(9)41)30(47)34-19(11-39)26(43)35-20(12-40)31(48)49/h13-24,39-41H,10-12,32H2,1-9H3,(H,33,45)(H,34,47)(H,35,43)(H,36,42)(H,37,44)(H,38,46)(H,48,49)/t17-,18+,19+,20+,21+,22+,23+,24+/m1/s1. The summed E-state index contributed by atoms with van der Waals surface area (Å²) in [5.41, 5.74) is 5.94. The third-order valence-electron chi connectivity index (χ3n) is 7.53. The van der Waals surface area contributed by atoms with Crippen LogP contribution in [0.3, 0.4) is 0 Å². The maximum absolute atomic E-state index is 13.5. The van der Waals surface area contributed by atoms with E-state index in [0.29, 0.717) is 0 Å². The van der Waals surface area contributed by atoms with Crippen LogP contribution < -0.4 is 37.6 Å². The number of hydrogen-bond donors (Lipinski definition) is 11. The van der Waals surface area contributed by atoms with Crippen molar-refractivity contribution in [2.45, 2.75) is 117 Å². The largest absolute Gasteiger partial charge is 0.480 e. The van der Waals surface area contributed by atoms with Gasteiger partial charge in [0.2, 0.25) is 35.4 Å². The minimum Gasteiger partial charge on any atom is -0.480 e. The summed E-state index contributed by atoms with van der Waals surface area (Å²) in [5, 5.41) is 52.4. The smallest absolute Gasteiger partial charge is 0.328 e. The number of carbonyl (C=O) groups excluding carboxylic acids is 6. The molecule has 0 rings (SSSR count). The number of aliphatic carboxylic acids is 1. The average molecular weight is 704 g/mol. The van der Waals surface area contributed by atoms with Gasteiger partial charge >= 0.3 is 5.97 Å². The number of rotatable bonds is 21. The van der Waals surface area contributed by atoms with Crippen LogP contribution in [0.5, 0.6) is 0 Å². The van der Waals surface area contributed by atoms with E-state index in [1.54, 1.807) is 41.5 Å². The third kappa shape index (κ3) is 15.1. The van der Waals surface area contributed by atoms with Crippen LogP contribution in [0.15, 0.2) is 0 Å². The zero-order valence-electron chi connectivity index (χ0n) is 29.8. The normalized spacial score (nSPS) is 16.4. The van der Waals surface area contributed by atoms with Gasteiger partial charge in [-0.1, -0.05) is 55.4 Å². The average Bonchev–Trinajstić information content (AvgIpc) is 2.99. The van der Waals surface area contributed by atoms with Crippen molar-refractivity contribution in [3.05, 3.63) is 0 Å². The Kier molecular flexibility index (Phi) is 19.6. The Labute approximate surface area is 287 Å². The minimum atomic E-state index is -1.72. The van der Waals surface area contributed by atoms with Crippen LogP contribution in [0, 0.1) is 23.7 Å². The topological polar surface area (TPSA) is 299 Å². The van der Waals surface area contributed by atoms with E-state index in [4.69, 9.17) is 15.9 Å². The lowest BCUT2D eigenvalue weighted by molar-refractivity contribution is -0.143. The number of hydrogen-bond acceptors (Lipinski definition) is 11. The van der Waals surface area contributed by atoms with E-state index in [1.165, 1.54) is 6.92 Å². The van der Waals surface area contributed by atoms with Crippen LogP contribution in [-0.4, -0.2) is 123 Å². The van der Waals surface area contributed by atoms with Gasteiger partial charge < -0.3 is 58.1 Å². The van der Waals surface area contributed by atoms with Gasteiger partial charge in [0.25, 0.3) is 0 Å². The second-order valence-electron chi connectivity index (χ2n) is 13.5. The lowest BCUT2D eigenvalue weighted by atomic mass is 9.97. The van der Waals surface area contributed by atoms with Gasteiger partial charge in [0.1, 0.15) is 36.3 Å². The number of aliphatic hydroxyl groups is 3. The molecule has 0 aromatic heterocycles. The molecule has 49 heavy (non-hydrogen) atoms. The summed E-state index contributed by atoms with van der Waals surface area (Å²) in [4.78, 5) is 89.5. The highest BCUT2D eigenvalue weighted by Crippen LogP contribution is 2.11. The van der Waals surface area contributed by atoms with Crippen molar-refractivity contribution in [3.63, 3.8) is 0 Å². The Morgan fingerprint density at radius 1 is 0.510 bits per heavy atom. The number of carboxylic acid groups (broad SMARTS) is 1. The number of amides is 6. The van der Waals surface area contributed by atoms with E-state index < -0.39 is 109 Å². The third-order valence-corrected chi connectivity index (χ3v) is 7.53. The molecule has 0 heterocycles. The minimum absolute atomic E-state index is 0.0908. The molecule has 282 valence electrons. The maximum atomic E-state index is 13.5. The van der Waals surface area contributed by atoms with Crippen LogP contribution in [-0.2, 0) is 33.6 Å². The molecule has 8 atom stereocenters. The highest BCUT2D eigenvalue weighted by molar-refractivity contribution is 5.97. The van der Waals surface area contributed by atoms with E-state index in [0.717, 1.165) is 0 Å². The molecule has 0 aliphatic heterocycles. The van der Waals surface area contributed by atoms with Crippen molar-refractivity contribution < 1.29 is 54.0 Å². The number of carbonyl (C=O) groups is 7. The zero-order valence-corrected chi connectivity index (χ0v) is 29.8.